The second-order valence-electron chi connectivity index (χ2n) is 4.87. The minimum Gasteiger partial charge on any atom is -0.316 e. The molecule has 0 radical (unpaired) electrons. The third-order valence-electron chi connectivity index (χ3n) is 3.93. The first-order valence-corrected chi connectivity index (χ1v) is 5.88. The zero-order chi connectivity index (χ0) is 9.97. The van der Waals surface area contributed by atoms with Crippen LogP contribution in [-0.4, -0.2) is 51.2 Å². The lowest BCUT2D eigenvalue weighted by Crippen LogP contribution is -2.56. The molecule has 0 aromatic rings. The number of nitrogens with one attached hydrogen (secondary N) is 2. The van der Waals surface area contributed by atoms with E-state index in [9.17, 15) is 0 Å². The molecule has 3 heteroatoms. The predicted molar refractivity (Wildman–Crippen MR) is 59.4 cm³/mol. The van der Waals surface area contributed by atoms with E-state index in [0.29, 0.717) is 0 Å². The molecule has 0 aromatic heterocycles. The van der Waals surface area contributed by atoms with Crippen molar-refractivity contribution in [2.24, 2.45) is 11.8 Å². The zero-order valence-corrected chi connectivity index (χ0v) is 9.42. The Balaban J connectivity index is 1.84. The van der Waals surface area contributed by atoms with Gasteiger partial charge in [-0.1, -0.05) is 0 Å². The number of hydrogen-bond donors (Lipinski definition) is 2. The minimum absolute atomic E-state index is 0.755. The van der Waals surface area contributed by atoms with E-state index in [1.54, 1.807) is 0 Å². The fourth-order valence-corrected chi connectivity index (χ4v) is 2.81. The molecule has 3 nitrogen and oxygen atoms in total. The highest BCUT2D eigenvalue weighted by atomic mass is 15.1. The molecule has 0 bridgehead atoms. The van der Waals surface area contributed by atoms with Crippen molar-refractivity contribution < 1.29 is 0 Å². The highest BCUT2D eigenvalue weighted by Gasteiger charge is 2.33. The normalized spacial score (nSPS) is 28.7. The van der Waals surface area contributed by atoms with Crippen LogP contribution in [-0.2, 0) is 0 Å². The second-order valence-corrected chi connectivity index (χ2v) is 4.87. The van der Waals surface area contributed by atoms with Gasteiger partial charge in [0.1, 0.15) is 0 Å². The van der Waals surface area contributed by atoms with E-state index < -0.39 is 0 Å². The molecule has 2 saturated heterocycles. The molecule has 0 amide bonds. The number of nitrogens with zero attached hydrogens (tertiary/aromatic N) is 1. The average molecular weight is 197 g/mol. The van der Waals surface area contributed by atoms with Crippen LogP contribution in [0.15, 0.2) is 0 Å². The molecule has 2 aliphatic heterocycles. The summed E-state index contributed by atoms with van der Waals surface area (Å²) >= 11 is 0. The Labute approximate surface area is 87.2 Å². The summed E-state index contributed by atoms with van der Waals surface area (Å²) in [6.07, 6.45) is 2.75. The monoisotopic (exact) mass is 197 g/mol. The van der Waals surface area contributed by atoms with Gasteiger partial charge in [0.05, 0.1) is 0 Å². The van der Waals surface area contributed by atoms with Crippen molar-refractivity contribution in [1.82, 2.24) is 15.5 Å². The Hall–Kier alpha value is -0.120. The van der Waals surface area contributed by atoms with E-state index in [1.165, 1.54) is 39.0 Å². The van der Waals surface area contributed by atoms with Crippen molar-refractivity contribution in [3.63, 3.8) is 0 Å². The van der Waals surface area contributed by atoms with Crippen LogP contribution in [0, 0.1) is 11.8 Å². The summed E-state index contributed by atoms with van der Waals surface area (Å²) in [6, 6.07) is 0.755. The van der Waals surface area contributed by atoms with Crippen molar-refractivity contribution in [2.75, 3.05) is 40.3 Å². The number of piperidine rings is 1. The van der Waals surface area contributed by atoms with Crippen molar-refractivity contribution in [1.29, 1.82) is 0 Å². The van der Waals surface area contributed by atoms with Gasteiger partial charge in [-0.15, -0.1) is 0 Å². The van der Waals surface area contributed by atoms with E-state index in [1.807, 2.05) is 0 Å². The number of likely N-dealkylation sites (tertiary alicyclic amines) is 1. The lowest BCUT2D eigenvalue weighted by molar-refractivity contribution is 0.135. The highest BCUT2D eigenvalue weighted by molar-refractivity contribution is 4.91. The molecule has 2 rings (SSSR count). The van der Waals surface area contributed by atoms with E-state index >= 15 is 0 Å². The van der Waals surface area contributed by atoms with Gasteiger partial charge in [0.25, 0.3) is 0 Å². The third kappa shape index (κ3) is 2.10. The molecule has 14 heavy (non-hydrogen) atoms. The summed E-state index contributed by atoms with van der Waals surface area (Å²) in [5.41, 5.74) is 0. The Morgan fingerprint density at radius 1 is 1.21 bits per heavy atom. The molecule has 2 heterocycles. The molecular weight excluding hydrogens is 174 g/mol. The van der Waals surface area contributed by atoms with Gasteiger partial charge in [0.2, 0.25) is 0 Å². The maximum atomic E-state index is 3.53. The SMILES string of the molecule is CNC(C1CCN(C)CC1)C1CNC1. The van der Waals surface area contributed by atoms with E-state index in [0.717, 1.165) is 17.9 Å². The van der Waals surface area contributed by atoms with Gasteiger partial charge in [0.15, 0.2) is 0 Å². The van der Waals surface area contributed by atoms with Crippen LogP contribution >= 0.6 is 0 Å². The average Bonchev–Trinajstić information content (AvgIpc) is 2.13. The molecular formula is C11H23N3. The quantitative estimate of drug-likeness (QED) is 0.674. The molecule has 2 N–H and O–H groups in total. The van der Waals surface area contributed by atoms with Crippen LogP contribution in [0.5, 0.6) is 0 Å². The van der Waals surface area contributed by atoms with Crippen molar-refractivity contribution >= 4 is 0 Å². The maximum Gasteiger partial charge on any atom is 0.0146 e. The van der Waals surface area contributed by atoms with Crippen LogP contribution in [0.2, 0.25) is 0 Å². The Bertz CT molecular complexity index is 171. The minimum atomic E-state index is 0.755. The van der Waals surface area contributed by atoms with E-state index in [4.69, 9.17) is 0 Å². The maximum absolute atomic E-state index is 3.53. The van der Waals surface area contributed by atoms with Gasteiger partial charge in [-0.05, 0) is 51.9 Å². The number of hydrogen-bond acceptors (Lipinski definition) is 3. The molecule has 0 spiro atoms. The molecule has 2 aliphatic rings. The van der Waals surface area contributed by atoms with Crippen LogP contribution in [0.25, 0.3) is 0 Å². The first-order valence-electron chi connectivity index (χ1n) is 5.88. The van der Waals surface area contributed by atoms with Gasteiger partial charge in [-0.2, -0.15) is 0 Å². The molecule has 1 atom stereocenters. The first-order chi connectivity index (χ1) is 6.81. The van der Waals surface area contributed by atoms with Crippen molar-refractivity contribution in [3.05, 3.63) is 0 Å². The fraction of sp³-hybridized carbons (Fsp3) is 1.00. The van der Waals surface area contributed by atoms with Gasteiger partial charge >= 0.3 is 0 Å². The van der Waals surface area contributed by atoms with Crippen LogP contribution in [0.4, 0.5) is 0 Å². The van der Waals surface area contributed by atoms with Gasteiger partial charge in [-0.3, -0.25) is 0 Å². The highest BCUT2D eigenvalue weighted by Crippen LogP contribution is 2.25. The smallest absolute Gasteiger partial charge is 0.0146 e. The molecule has 2 fully saturated rings. The number of rotatable bonds is 3. The van der Waals surface area contributed by atoms with Gasteiger partial charge in [-0.25, -0.2) is 0 Å². The summed E-state index contributed by atoms with van der Waals surface area (Å²) < 4.78 is 0. The van der Waals surface area contributed by atoms with E-state index in [-0.39, 0.29) is 0 Å². The Morgan fingerprint density at radius 3 is 2.29 bits per heavy atom. The summed E-state index contributed by atoms with van der Waals surface area (Å²) in [5.74, 6) is 1.79. The molecule has 0 aliphatic carbocycles. The summed E-state index contributed by atoms with van der Waals surface area (Å²) in [6.45, 7) is 5.00. The lowest BCUT2D eigenvalue weighted by Gasteiger charge is -2.42. The Kier molecular flexibility index (Phi) is 3.42. The summed E-state index contributed by atoms with van der Waals surface area (Å²) in [4.78, 5) is 2.45. The van der Waals surface area contributed by atoms with Crippen molar-refractivity contribution in [3.8, 4) is 0 Å². The standard InChI is InChI=1S/C11H23N3/c1-12-11(10-7-13-8-10)9-3-5-14(2)6-4-9/h9-13H,3-8H2,1-2H3. The fourth-order valence-electron chi connectivity index (χ4n) is 2.81. The molecule has 82 valence electrons. The van der Waals surface area contributed by atoms with Crippen LogP contribution in [0.1, 0.15) is 12.8 Å². The molecule has 0 aromatic carbocycles. The third-order valence-corrected chi connectivity index (χ3v) is 3.93. The first kappa shape index (κ1) is 10.4. The van der Waals surface area contributed by atoms with Gasteiger partial charge < -0.3 is 15.5 Å². The zero-order valence-electron chi connectivity index (χ0n) is 9.42. The second kappa shape index (κ2) is 4.60. The lowest BCUT2D eigenvalue weighted by atomic mass is 9.80. The Morgan fingerprint density at radius 2 is 1.86 bits per heavy atom. The molecule has 0 saturated carbocycles. The summed E-state index contributed by atoms with van der Waals surface area (Å²) in [7, 11) is 4.36. The molecule has 1 unspecified atom stereocenters. The van der Waals surface area contributed by atoms with Gasteiger partial charge in [0, 0.05) is 19.1 Å². The van der Waals surface area contributed by atoms with Crippen LogP contribution in [0.3, 0.4) is 0 Å². The van der Waals surface area contributed by atoms with Crippen LogP contribution < -0.4 is 10.6 Å². The summed E-state index contributed by atoms with van der Waals surface area (Å²) in [5, 5.41) is 6.90. The van der Waals surface area contributed by atoms with Crippen molar-refractivity contribution in [2.45, 2.75) is 18.9 Å². The topological polar surface area (TPSA) is 27.3 Å². The van der Waals surface area contributed by atoms with E-state index in [2.05, 4.69) is 29.6 Å². The largest absolute Gasteiger partial charge is 0.316 e. The predicted octanol–water partition coefficient (Wildman–Crippen LogP) is 0.136.